The van der Waals surface area contributed by atoms with Crippen molar-refractivity contribution in [3.63, 3.8) is 0 Å². The Bertz CT molecular complexity index is 120. The van der Waals surface area contributed by atoms with Gasteiger partial charge < -0.3 is 4.74 Å². The third-order valence-electron chi connectivity index (χ3n) is 2.42. The zero-order valence-corrected chi connectivity index (χ0v) is 6.99. The van der Waals surface area contributed by atoms with E-state index in [2.05, 4.69) is 15.9 Å². The Balaban J connectivity index is 1.93. The number of rotatable bonds is 1. The lowest BCUT2D eigenvalue weighted by atomic mass is 10.0. The van der Waals surface area contributed by atoms with Gasteiger partial charge in [0.2, 0.25) is 0 Å². The summed E-state index contributed by atoms with van der Waals surface area (Å²) < 4.78 is 5.53. The minimum atomic E-state index is 0.521. The first-order valence-electron chi connectivity index (χ1n) is 3.52. The van der Waals surface area contributed by atoms with Gasteiger partial charge in [-0.3, -0.25) is 0 Å². The van der Waals surface area contributed by atoms with Crippen molar-refractivity contribution in [2.24, 2.45) is 5.41 Å². The number of hydrogen-bond donors (Lipinski definition) is 0. The lowest BCUT2D eigenvalue weighted by Crippen LogP contribution is -2.05. The van der Waals surface area contributed by atoms with Gasteiger partial charge in [0.1, 0.15) is 0 Å². The maximum atomic E-state index is 5.53. The summed E-state index contributed by atoms with van der Waals surface area (Å²) >= 11 is 3.43. The van der Waals surface area contributed by atoms with Crippen molar-refractivity contribution < 1.29 is 4.74 Å². The average Bonchev–Trinajstić information content (AvgIpc) is 2.44. The lowest BCUT2D eigenvalue weighted by Gasteiger charge is -2.01. The molecule has 0 aromatic rings. The average molecular weight is 191 g/mol. The highest BCUT2D eigenvalue weighted by atomic mass is 79.9. The Morgan fingerprint density at radius 3 is 2.67 bits per heavy atom. The Kier molecular flexibility index (Phi) is 1.34. The summed E-state index contributed by atoms with van der Waals surface area (Å²) in [5, 5.41) is 1.02. The third-order valence-corrected chi connectivity index (χ3v) is 3.14. The van der Waals surface area contributed by atoms with E-state index in [0.717, 1.165) is 11.9 Å². The monoisotopic (exact) mass is 190 g/mol. The topological polar surface area (TPSA) is 9.23 Å². The van der Waals surface area contributed by atoms with Gasteiger partial charge in [0.15, 0.2) is 0 Å². The summed E-state index contributed by atoms with van der Waals surface area (Å²) in [6.07, 6.45) is 4.65. The summed E-state index contributed by atoms with van der Waals surface area (Å²) in [4.78, 5) is 0. The maximum absolute atomic E-state index is 5.53. The van der Waals surface area contributed by atoms with E-state index in [4.69, 9.17) is 4.74 Å². The second-order valence-electron chi connectivity index (χ2n) is 3.29. The number of hydrogen-bond acceptors (Lipinski definition) is 1. The van der Waals surface area contributed by atoms with Gasteiger partial charge in [-0.1, -0.05) is 15.9 Å². The highest BCUT2D eigenvalue weighted by molar-refractivity contribution is 9.09. The van der Waals surface area contributed by atoms with Crippen LogP contribution in [-0.4, -0.2) is 18.0 Å². The van der Waals surface area contributed by atoms with Crippen molar-refractivity contribution in [2.45, 2.75) is 25.4 Å². The predicted octanol–water partition coefficient (Wildman–Crippen LogP) is 1.95. The lowest BCUT2D eigenvalue weighted by molar-refractivity contribution is 0.122. The van der Waals surface area contributed by atoms with Gasteiger partial charge in [-0.2, -0.15) is 0 Å². The van der Waals surface area contributed by atoms with Crippen LogP contribution in [0.4, 0.5) is 0 Å². The molecule has 1 aliphatic heterocycles. The number of ether oxygens (including phenoxy) is 1. The van der Waals surface area contributed by atoms with E-state index in [0.29, 0.717) is 11.5 Å². The van der Waals surface area contributed by atoms with Crippen LogP contribution in [0.2, 0.25) is 0 Å². The zero-order chi connectivity index (χ0) is 6.32. The molecule has 52 valence electrons. The van der Waals surface area contributed by atoms with Crippen molar-refractivity contribution in [1.29, 1.82) is 0 Å². The van der Waals surface area contributed by atoms with Crippen molar-refractivity contribution in [3.05, 3.63) is 0 Å². The van der Waals surface area contributed by atoms with Gasteiger partial charge in [-0.15, -0.1) is 0 Å². The first kappa shape index (κ1) is 6.17. The summed E-state index contributed by atoms with van der Waals surface area (Å²) in [5.74, 6) is 0. The van der Waals surface area contributed by atoms with Crippen molar-refractivity contribution in [1.82, 2.24) is 0 Å². The second-order valence-corrected chi connectivity index (χ2v) is 3.94. The van der Waals surface area contributed by atoms with E-state index < -0.39 is 0 Å². The van der Waals surface area contributed by atoms with Crippen LogP contribution in [0.5, 0.6) is 0 Å². The zero-order valence-electron chi connectivity index (χ0n) is 5.40. The highest BCUT2D eigenvalue weighted by Gasteiger charge is 2.48. The van der Waals surface area contributed by atoms with Gasteiger partial charge in [-0.25, -0.2) is 0 Å². The van der Waals surface area contributed by atoms with Crippen LogP contribution in [0, 0.1) is 5.41 Å². The van der Waals surface area contributed by atoms with Gasteiger partial charge in [0.05, 0.1) is 12.7 Å². The molecule has 0 radical (unpaired) electrons. The van der Waals surface area contributed by atoms with E-state index in [1.54, 1.807) is 0 Å². The predicted molar refractivity (Wildman–Crippen MR) is 39.8 cm³/mol. The SMILES string of the molecule is BrC[C@@H]1CC2(CC2)CO1. The summed E-state index contributed by atoms with van der Waals surface area (Å²) in [5.41, 5.74) is 0.665. The molecular weight excluding hydrogens is 180 g/mol. The summed E-state index contributed by atoms with van der Waals surface area (Å²) in [6, 6.07) is 0. The van der Waals surface area contributed by atoms with E-state index in [1.807, 2.05) is 0 Å². The smallest absolute Gasteiger partial charge is 0.0678 e. The van der Waals surface area contributed by atoms with E-state index >= 15 is 0 Å². The molecule has 0 N–H and O–H groups in total. The molecule has 0 bridgehead atoms. The molecule has 0 amide bonds. The first-order valence-corrected chi connectivity index (χ1v) is 4.64. The van der Waals surface area contributed by atoms with Gasteiger partial charge in [0, 0.05) is 5.33 Å². The molecule has 1 atom stereocenters. The Hall–Kier alpha value is 0.440. The molecule has 1 aliphatic carbocycles. The molecule has 2 heteroatoms. The molecule has 1 saturated heterocycles. The highest BCUT2D eigenvalue weighted by Crippen LogP contribution is 2.53. The van der Waals surface area contributed by atoms with Crippen LogP contribution in [0.15, 0.2) is 0 Å². The molecule has 0 unspecified atom stereocenters. The van der Waals surface area contributed by atoms with Crippen LogP contribution in [0.1, 0.15) is 19.3 Å². The molecule has 1 spiro atoms. The first-order chi connectivity index (χ1) is 4.35. The largest absolute Gasteiger partial charge is 0.377 e. The summed E-state index contributed by atoms with van der Waals surface area (Å²) in [7, 11) is 0. The van der Waals surface area contributed by atoms with Crippen LogP contribution in [0.3, 0.4) is 0 Å². The quantitative estimate of drug-likeness (QED) is 0.575. The number of alkyl halides is 1. The Morgan fingerprint density at radius 1 is 1.56 bits per heavy atom. The standard InChI is InChI=1S/C7H11BrO/c8-4-6-3-7(1-2-7)5-9-6/h6H,1-5H2/t6-/m0/s1. The second kappa shape index (κ2) is 1.96. The minimum absolute atomic E-state index is 0.521. The van der Waals surface area contributed by atoms with E-state index in [1.165, 1.54) is 19.3 Å². The molecule has 2 fully saturated rings. The molecule has 2 aliphatic rings. The fraction of sp³-hybridized carbons (Fsp3) is 1.00. The molecule has 1 saturated carbocycles. The molecule has 0 aromatic heterocycles. The normalized spacial score (nSPS) is 37.7. The van der Waals surface area contributed by atoms with Crippen LogP contribution in [0.25, 0.3) is 0 Å². The van der Waals surface area contributed by atoms with Crippen molar-refractivity contribution in [2.75, 3.05) is 11.9 Å². The minimum Gasteiger partial charge on any atom is -0.377 e. The van der Waals surface area contributed by atoms with Gasteiger partial charge in [0.25, 0.3) is 0 Å². The molecule has 1 nitrogen and oxygen atoms in total. The third kappa shape index (κ3) is 1.03. The number of halogens is 1. The molecule has 0 aromatic carbocycles. The fourth-order valence-corrected chi connectivity index (χ4v) is 1.94. The Labute approximate surface area is 63.9 Å². The molecular formula is C7H11BrO. The van der Waals surface area contributed by atoms with Crippen molar-refractivity contribution in [3.8, 4) is 0 Å². The van der Waals surface area contributed by atoms with Crippen molar-refractivity contribution >= 4 is 15.9 Å². The van der Waals surface area contributed by atoms with Crippen LogP contribution in [-0.2, 0) is 4.74 Å². The molecule has 2 rings (SSSR count). The van der Waals surface area contributed by atoms with E-state index in [-0.39, 0.29) is 0 Å². The van der Waals surface area contributed by atoms with Gasteiger partial charge >= 0.3 is 0 Å². The fourth-order valence-electron chi connectivity index (χ4n) is 1.52. The summed E-state index contributed by atoms with van der Waals surface area (Å²) in [6.45, 7) is 1.03. The molecule has 1 heterocycles. The van der Waals surface area contributed by atoms with Crippen LogP contribution < -0.4 is 0 Å². The van der Waals surface area contributed by atoms with Crippen LogP contribution >= 0.6 is 15.9 Å². The Morgan fingerprint density at radius 2 is 2.33 bits per heavy atom. The molecule has 9 heavy (non-hydrogen) atoms. The van der Waals surface area contributed by atoms with E-state index in [9.17, 15) is 0 Å². The maximum Gasteiger partial charge on any atom is 0.0678 e. The van der Waals surface area contributed by atoms with Gasteiger partial charge in [-0.05, 0) is 24.7 Å².